The lowest BCUT2D eigenvalue weighted by Crippen LogP contribution is -2.52. The average molecular weight is 218 g/mol. The van der Waals surface area contributed by atoms with Crippen molar-refractivity contribution in [3.63, 3.8) is 0 Å². The first-order valence-corrected chi connectivity index (χ1v) is 6.08. The fraction of sp³-hybridized carbons (Fsp3) is 0.571. The van der Waals surface area contributed by atoms with Gasteiger partial charge in [0.25, 0.3) is 0 Å². The van der Waals surface area contributed by atoms with Crippen LogP contribution in [0.5, 0.6) is 0 Å². The van der Waals surface area contributed by atoms with Crippen LogP contribution in [-0.2, 0) is 0 Å². The molecule has 1 unspecified atom stereocenters. The van der Waals surface area contributed by atoms with E-state index in [0.717, 1.165) is 19.5 Å². The summed E-state index contributed by atoms with van der Waals surface area (Å²) in [6.07, 6.45) is 2.33. The minimum absolute atomic E-state index is 0.0318. The lowest BCUT2D eigenvalue weighted by atomic mass is 9.92. The highest BCUT2D eigenvalue weighted by atomic mass is 15.2. The zero-order chi connectivity index (χ0) is 11.8. The van der Waals surface area contributed by atoms with Gasteiger partial charge >= 0.3 is 0 Å². The molecule has 1 fully saturated rings. The topological polar surface area (TPSA) is 29.3 Å². The third-order valence-corrected chi connectivity index (χ3v) is 3.30. The molecule has 1 heterocycles. The van der Waals surface area contributed by atoms with Gasteiger partial charge in [-0.1, -0.05) is 6.07 Å². The Labute approximate surface area is 98.4 Å². The van der Waals surface area contributed by atoms with Gasteiger partial charge in [-0.2, -0.15) is 0 Å². The third-order valence-electron chi connectivity index (χ3n) is 3.30. The first-order valence-electron chi connectivity index (χ1n) is 6.08. The molecule has 1 atom stereocenters. The average Bonchev–Trinajstić information content (AvgIpc) is 2.14. The number of hydrogen-bond acceptors (Lipinski definition) is 2. The van der Waals surface area contributed by atoms with Crippen LogP contribution in [0.15, 0.2) is 18.2 Å². The van der Waals surface area contributed by atoms with Gasteiger partial charge in [0.05, 0.1) is 0 Å². The Kier molecular flexibility index (Phi) is 2.94. The lowest BCUT2D eigenvalue weighted by molar-refractivity contribution is 0.375. The fourth-order valence-corrected chi connectivity index (χ4v) is 2.62. The second-order valence-corrected chi connectivity index (χ2v) is 5.53. The van der Waals surface area contributed by atoms with Gasteiger partial charge in [-0.05, 0) is 56.9 Å². The Morgan fingerprint density at radius 2 is 1.81 bits per heavy atom. The maximum Gasteiger partial charge on any atom is 0.0372 e. The molecule has 16 heavy (non-hydrogen) atoms. The SMILES string of the molecule is Cc1cc(C)cc(N2CCCC(C)(N)C2)c1. The van der Waals surface area contributed by atoms with Crippen LogP contribution in [0.2, 0.25) is 0 Å². The van der Waals surface area contributed by atoms with Crippen molar-refractivity contribution in [3.8, 4) is 0 Å². The van der Waals surface area contributed by atoms with E-state index in [4.69, 9.17) is 5.73 Å². The highest BCUT2D eigenvalue weighted by Gasteiger charge is 2.26. The van der Waals surface area contributed by atoms with Crippen LogP contribution in [-0.4, -0.2) is 18.6 Å². The molecule has 2 heteroatoms. The molecule has 1 aliphatic heterocycles. The zero-order valence-corrected chi connectivity index (χ0v) is 10.6. The molecule has 0 aliphatic carbocycles. The number of rotatable bonds is 1. The summed E-state index contributed by atoms with van der Waals surface area (Å²) in [7, 11) is 0. The van der Waals surface area contributed by atoms with Crippen LogP contribution in [0.3, 0.4) is 0 Å². The van der Waals surface area contributed by atoms with Crippen LogP contribution in [0.25, 0.3) is 0 Å². The maximum absolute atomic E-state index is 6.24. The molecule has 0 saturated carbocycles. The Balaban J connectivity index is 2.23. The summed E-state index contributed by atoms with van der Waals surface area (Å²) in [5.74, 6) is 0. The lowest BCUT2D eigenvalue weighted by Gasteiger charge is -2.39. The number of piperidine rings is 1. The number of anilines is 1. The molecule has 0 amide bonds. The highest BCUT2D eigenvalue weighted by Crippen LogP contribution is 2.25. The second-order valence-electron chi connectivity index (χ2n) is 5.53. The van der Waals surface area contributed by atoms with Gasteiger partial charge in [0.1, 0.15) is 0 Å². The fourth-order valence-electron chi connectivity index (χ4n) is 2.62. The first-order chi connectivity index (χ1) is 7.46. The minimum atomic E-state index is -0.0318. The molecule has 1 aliphatic rings. The monoisotopic (exact) mass is 218 g/mol. The van der Waals surface area contributed by atoms with Crippen LogP contribution in [0, 0.1) is 13.8 Å². The van der Waals surface area contributed by atoms with E-state index in [1.54, 1.807) is 0 Å². The summed E-state index contributed by atoms with van der Waals surface area (Å²) in [6, 6.07) is 6.73. The zero-order valence-electron chi connectivity index (χ0n) is 10.6. The van der Waals surface area contributed by atoms with E-state index in [-0.39, 0.29) is 5.54 Å². The van der Waals surface area contributed by atoms with Gasteiger partial charge in [0.15, 0.2) is 0 Å². The van der Waals surface area contributed by atoms with Gasteiger partial charge in [-0.3, -0.25) is 0 Å². The predicted octanol–water partition coefficient (Wildman–Crippen LogP) is 2.62. The van der Waals surface area contributed by atoms with E-state index >= 15 is 0 Å². The number of hydrogen-bond donors (Lipinski definition) is 1. The van der Waals surface area contributed by atoms with Crippen molar-refractivity contribution in [1.29, 1.82) is 0 Å². The van der Waals surface area contributed by atoms with Crippen molar-refractivity contribution in [2.45, 2.75) is 39.2 Å². The smallest absolute Gasteiger partial charge is 0.0372 e. The summed E-state index contributed by atoms with van der Waals surface area (Å²) < 4.78 is 0. The van der Waals surface area contributed by atoms with Gasteiger partial charge in [0, 0.05) is 24.3 Å². The summed E-state index contributed by atoms with van der Waals surface area (Å²) in [6.45, 7) is 8.57. The van der Waals surface area contributed by atoms with Gasteiger partial charge < -0.3 is 10.6 Å². The molecule has 1 aromatic carbocycles. The molecule has 1 aromatic rings. The number of aryl methyl sites for hydroxylation is 2. The van der Waals surface area contributed by atoms with Crippen molar-refractivity contribution in [1.82, 2.24) is 0 Å². The number of nitrogens with zero attached hydrogens (tertiary/aromatic N) is 1. The van der Waals surface area contributed by atoms with E-state index in [0.29, 0.717) is 0 Å². The quantitative estimate of drug-likeness (QED) is 0.785. The Morgan fingerprint density at radius 1 is 1.19 bits per heavy atom. The van der Waals surface area contributed by atoms with Crippen LogP contribution in [0.1, 0.15) is 30.9 Å². The predicted molar refractivity (Wildman–Crippen MR) is 70.0 cm³/mol. The molecule has 0 spiro atoms. The number of nitrogens with two attached hydrogens (primary N) is 1. The summed E-state index contributed by atoms with van der Waals surface area (Å²) >= 11 is 0. The number of benzene rings is 1. The molecule has 2 N–H and O–H groups in total. The van der Waals surface area contributed by atoms with Gasteiger partial charge in [-0.25, -0.2) is 0 Å². The minimum Gasteiger partial charge on any atom is -0.370 e. The normalized spacial score (nSPS) is 25.9. The molecule has 1 saturated heterocycles. The van der Waals surface area contributed by atoms with Crippen molar-refractivity contribution in [2.24, 2.45) is 5.73 Å². The maximum atomic E-state index is 6.24. The Hall–Kier alpha value is -1.02. The van der Waals surface area contributed by atoms with Crippen LogP contribution >= 0.6 is 0 Å². The van der Waals surface area contributed by atoms with Crippen LogP contribution in [0.4, 0.5) is 5.69 Å². The molecule has 0 bridgehead atoms. The van der Waals surface area contributed by atoms with Crippen molar-refractivity contribution in [2.75, 3.05) is 18.0 Å². The van der Waals surface area contributed by atoms with E-state index in [9.17, 15) is 0 Å². The Bertz CT molecular complexity index is 362. The van der Waals surface area contributed by atoms with E-state index < -0.39 is 0 Å². The summed E-state index contributed by atoms with van der Waals surface area (Å²) in [4.78, 5) is 2.42. The highest BCUT2D eigenvalue weighted by molar-refractivity contribution is 5.51. The second kappa shape index (κ2) is 4.10. The van der Waals surface area contributed by atoms with Crippen molar-refractivity contribution < 1.29 is 0 Å². The van der Waals surface area contributed by atoms with Gasteiger partial charge in [0.2, 0.25) is 0 Å². The van der Waals surface area contributed by atoms with Crippen molar-refractivity contribution in [3.05, 3.63) is 29.3 Å². The summed E-state index contributed by atoms with van der Waals surface area (Å²) in [5.41, 5.74) is 10.2. The molecule has 0 aromatic heterocycles. The van der Waals surface area contributed by atoms with Crippen molar-refractivity contribution >= 4 is 5.69 Å². The molecule has 0 radical (unpaired) electrons. The summed E-state index contributed by atoms with van der Waals surface area (Å²) in [5, 5.41) is 0. The third kappa shape index (κ3) is 2.56. The van der Waals surface area contributed by atoms with E-state index in [1.807, 2.05) is 0 Å². The largest absolute Gasteiger partial charge is 0.370 e. The van der Waals surface area contributed by atoms with E-state index in [2.05, 4.69) is 43.9 Å². The van der Waals surface area contributed by atoms with Gasteiger partial charge in [-0.15, -0.1) is 0 Å². The van der Waals surface area contributed by atoms with E-state index in [1.165, 1.54) is 23.2 Å². The Morgan fingerprint density at radius 3 is 2.38 bits per heavy atom. The molecular weight excluding hydrogens is 196 g/mol. The molecule has 2 rings (SSSR count). The molecule has 2 nitrogen and oxygen atoms in total. The van der Waals surface area contributed by atoms with Crippen LogP contribution < -0.4 is 10.6 Å². The standard InChI is InChI=1S/C14H22N2/c1-11-7-12(2)9-13(8-11)16-6-4-5-14(3,15)10-16/h7-9H,4-6,10,15H2,1-3H3. The molecule has 88 valence electrons. The molecular formula is C14H22N2. The first kappa shape index (κ1) is 11.5.